The van der Waals surface area contributed by atoms with Gasteiger partial charge in [-0.15, -0.1) is 0 Å². The second-order valence-corrected chi connectivity index (χ2v) is 4.17. The van der Waals surface area contributed by atoms with Crippen LogP contribution in [0.25, 0.3) is 11.0 Å². The van der Waals surface area contributed by atoms with Crippen molar-refractivity contribution in [3.63, 3.8) is 0 Å². The van der Waals surface area contributed by atoms with Gasteiger partial charge in [-0.05, 0) is 24.6 Å². The van der Waals surface area contributed by atoms with Crippen LogP contribution in [0.2, 0.25) is 0 Å². The molecule has 1 aromatic heterocycles. The van der Waals surface area contributed by atoms with Gasteiger partial charge in [0, 0.05) is 11.5 Å². The van der Waals surface area contributed by atoms with Crippen molar-refractivity contribution >= 4 is 16.7 Å². The molecule has 2 heterocycles. The van der Waals surface area contributed by atoms with Crippen molar-refractivity contribution in [3.05, 3.63) is 34.2 Å². The molecule has 5 nitrogen and oxygen atoms in total. The molecule has 0 bridgehead atoms. The van der Waals surface area contributed by atoms with E-state index in [1.54, 1.807) is 12.2 Å². The van der Waals surface area contributed by atoms with Crippen LogP contribution in [-0.4, -0.2) is 20.3 Å². The molecular formula is C13H13NO4. The molecule has 1 aliphatic heterocycles. The van der Waals surface area contributed by atoms with Crippen molar-refractivity contribution in [3.8, 4) is 5.75 Å². The topological polar surface area (TPSA) is 51.9 Å². The minimum Gasteiger partial charge on any atom is -0.486 e. The average Bonchev–Trinajstić information content (AvgIpc) is 2.37. The summed E-state index contributed by atoms with van der Waals surface area (Å²) in [6, 6.07) is 5.30. The zero-order valence-electron chi connectivity index (χ0n) is 10.2. The first-order valence-corrected chi connectivity index (χ1v) is 5.72. The van der Waals surface area contributed by atoms with Crippen LogP contribution < -0.4 is 15.4 Å². The Bertz CT molecular complexity index is 662. The van der Waals surface area contributed by atoms with Crippen LogP contribution in [0.4, 0.5) is 5.69 Å². The predicted molar refractivity (Wildman–Crippen MR) is 67.1 cm³/mol. The predicted octanol–water partition coefficient (Wildman–Crippen LogP) is 1.86. The van der Waals surface area contributed by atoms with Crippen LogP contribution >= 0.6 is 0 Å². The molecule has 0 saturated heterocycles. The molecule has 3 rings (SSSR count). The molecule has 94 valence electrons. The third-order valence-electron chi connectivity index (χ3n) is 3.08. The van der Waals surface area contributed by atoms with Gasteiger partial charge >= 0.3 is 5.63 Å². The van der Waals surface area contributed by atoms with Crippen LogP contribution in [-0.2, 0) is 4.84 Å². The molecule has 0 atom stereocenters. The summed E-state index contributed by atoms with van der Waals surface area (Å²) in [6.07, 6.45) is 0. The highest BCUT2D eigenvalue weighted by Gasteiger charge is 2.22. The van der Waals surface area contributed by atoms with Crippen molar-refractivity contribution in [2.24, 2.45) is 0 Å². The lowest BCUT2D eigenvalue weighted by molar-refractivity contribution is 0.136. The van der Waals surface area contributed by atoms with E-state index in [-0.39, 0.29) is 5.63 Å². The van der Waals surface area contributed by atoms with Gasteiger partial charge in [-0.2, -0.15) is 0 Å². The van der Waals surface area contributed by atoms with Crippen LogP contribution in [0.15, 0.2) is 27.4 Å². The zero-order valence-corrected chi connectivity index (χ0v) is 10.2. The lowest BCUT2D eigenvalue weighted by Gasteiger charge is -2.29. The summed E-state index contributed by atoms with van der Waals surface area (Å²) in [5, 5.41) is 2.60. The van der Waals surface area contributed by atoms with E-state index in [4.69, 9.17) is 14.0 Å². The Balaban J connectivity index is 2.34. The fourth-order valence-electron chi connectivity index (χ4n) is 2.23. The molecule has 1 aromatic carbocycles. The van der Waals surface area contributed by atoms with Crippen molar-refractivity contribution in [1.82, 2.24) is 0 Å². The number of nitrogens with zero attached hydrogens (tertiary/aromatic N) is 1. The molecule has 0 amide bonds. The molecule has 0 aliphatic carbocycles. The second-order valence-electron chi connectivity index (χ2n) is 4.17. The van der Waals surface area contributed by atoms with Gasteiger partial charge in [0.1, 0.15) is 12.3 Å². The SMILES string of the molecule is CON1CCOc2c1ccc1c(C)cc(=O)oc21. The summed E-state index contributed by atoms with van der Waals surface area (Å²) < 4.78 is 10.9. The molecule has 5 heteroatoms. The maximum absolute atomic E-state index is 11.5. The molecule has 0 saturated carbocycles. The van der Waals surface area contributed by atoms with Crippen LogP contribution in [0.3, 0.4) is 0 Å². The number of hydrogen-bond acceptors (Lipinski definition) is 5. The fourth-order valence-corrected chi connectivity index (χ4v) is 2.23. The first kappa shape index (κ1) is 11.1. The van der Waals surface area contributed by atoms with E-state index >= 15 is 0 Å². The molecule has 2 aromatic rings. The summed E-state index contributed by atoms with van der Waals surface area (Å²) in [4.78, 5) is 16.7. The van der Waals surface area contributed by atoms with E-state index in [2.05, 4.69) is 0 Å². The first-order chi connectivity index (χ1) is 8.70. The highest BCUT2D eigenvalue weighted by Crippen LogP contribution is 2.38. The summed E-state index contributed by atoms with van der Waals surface area (Å²) in [5.41, 5.74) is 1.78. The Labute approximate surface area is 103 Å². The number of hydrogen-bond donors (Lipinski definition) is 0. The molecule has 18 heavy (non-hydrogen) atoms. The minimum absolute atomic E-state index is 0.369. The number of rotatable bonds is 1. The Morgan fingerprint density at radius 2 is 2.22 bits per heavy atom. The molecule has 0 unspecified atom stereocenters. The lowest BCUT2D eigenvalue weighted by atomic mass is 10.1. The second kappa shape index (κ2) is 4.03. The standard InChI is InChI=1S/C13H13NO4/c1-8-7-11(15)18-12-9(8)3-4-10-13(12)17-6-5-14(10)16-2/h3-4,7H,5-6H2,1-2H3. The zero-order chi connectivity index (χ0) is 12.7. The third kappa shape index (κ3) is 1.55. The third-order valence-corrected chi connectivity index (χ3v) is 3.08. The van der Waals surface area contributed by atoms with Gasteiger partial charge < -0.3 is 9.15 Å². The molecule has 0 fully saturated rings. The van der Waals surface area contributed by atoms with E-state index in [1.165, 1.54) is 6.07 Å². The van der Waals surface area contributed by atoms with Crippen LogP contribution in [0, 0.1) is 6.92 Å². The van der Waals surface area contributed by atoms with Gasteiger partial charge in [-0.25, -0.2) is 9.86 Å². The van der Waals surface area contributed by atoms with E-state index in [0.29, 0.717) is 24.5 Å². The summed E-state index contributed by atoms with van der Waals surface area (Å²) in [6.45, 7) is 3.02. The number of ether oxygens (including phenoxy) is 1. The van der Waals surface area contributed by atoms with Crippen molar-refractivity contribution in [2.75, 3.05) is 25.3 Å². The number of hydroxylamine groups is 1. The minimum atomic E-state index is -0.369. The number of benzene rings is 1. The summed E-state index contributed by atoms with van der Waals surface area (Å²) in [5.74, 6) is 0.571. The van der Waals surface area contributed by atoms with Crippen LogP contribution in [0.5, 0.6) is 5.75 Å². The number of aryl methyl sites for hydroxylation is 1. The van der Waals surface area contributed by atoms with E-state index in [9.17, 15) is 4.79 Å². The Morgan fingerprint density at radius 1 is 1.39 bits per heavy atom. The van der Waals surface area contributed by atoms with Gasteiger partial charge in [0.05, 0.1) is 13.7 Å². The Kier molecular flexibility index (Phi) is 2.48. The largest absolute Gasteiger partial charge is 0.486 e. The van der Waals surface area contributed by atoms with Gasteiger partial charge in [-0.1, -0.05) is 0 Å². The smallest absolute Gasteiger partial charge is 0.336 e. The first-order valence-electron chi connectivity index (χ1n) is 5.72. The maximum atomic E-state index is 11.5. The van der Waals surface area contributed by atoms with Crippen molar-refractivity contribution in [2.45, 2.75) is 6.92 Å². The van der Waals surface area contributed by atoms with Gasteiger partial charge in [-0.3, -0.25) is 4.84 Å². The van der Waals surface area contributed by atoms with E-state index in [1.807, 2.05) is 19.1 Å². The molecule has 0 radical (unpaired) electrons. The average molecular weight is 247 g/mol. The van der Waals surface area contributed by atoms with Crippen LogP contribution in [0.1, 0.15) is 5.56 Å². The normalized spacial score (nSPS) is 14.4. The molecule has 1 aliphatic rings. The van der Waals surface area contributed by atoms with Crippen molar-refractivity contribution < 1.29 is 14.0 Å². The highest BCUT2D eigenvalue weighted by molar-refractivity contribution is 5.91. The lowest BCUT2D eigenvalue weighted by Crippen LogP contribution is -2.31. The van der Waals surface area contributed by atoms with Crippen molar-refractivity contribution in [1.29, 1.82) is 0 Å². The quantitative estimate of drug-likeness (QED) is 0.720. The number of fused-ring (bicyclic) bond motifs is 3. The molecule has 0 N–H and O–H groups in total. The van der Waals surface area contributed by atoms with Gasteiger partial charge in [0.15, 0.2) is 11.3 Å². The van der Waals surface area contributed by atoms with Gasteiger partial charge in [0.2, 0.25) is 0 Å². The summed E-state index contributed by atoms with van der Waals surface area (Å²) >= 11 is 0. The number of anilines is 1. The van der Waals surface area contributed by atoms with Gasteiger partial charge in [0.25, 0.3) is 0 Å². The Morgan fingerprint density at radius 3 is 3.00 bits per heavy atom. The monoisotopic (exact) mass is 247 g/mol. The van der Waals surface area contributed by atoms with E-state index in [0.717, 1.165) is 16.6 Å². The molecular weight excluding hydrogens is 234 g/mol. The van der Waals surface area contributed by atoms with E-state index < -0.39 is 0 Å². The Hall–Kier alpha value is -2.01. The maximum Gasteiger partial charge on any atom is 0.336 e. The highest BCUT2D eigenvalue weighted by atomic mass is 16.7. The summed E-state index contributed by atoms with van der Waals surface area (Å²) in [7, 11) is 1.60. The molecule has 0 spiro atoms. The fraction of sp³-hybridized carbons (Fsp3) is 0.308.